The molecule has 2 aromatic rings. The third-order valence-electron chi connectivity index (χ3n) is 5.35. The Morgan fingerprint density at radius 2 is 1.87 bits per heavy atom. The average Bonchev–Trinajstić information content (AvgIpc) is 3.18. The molecular formula is C20H29F3N6O. The fourth-order valence-electron chi connectivity index (χ4n) is 3.82. The minimum Gasteiger partial charge on any atom is -0.383 e. The van der Waals surface area contributed by atoms with Gasteiger partial charge in [-0.15, -0.1) is 5.10 Å². The third kappa shape index (κ3) is 5.48. The normalized spacial score (nSPS) is 17.0. The number of hydrogen-bond acceptors (Lipinski definition) is 6. The van der Waals surface area contributed by atoms with Crippen molar-refractivity contribution in [1.82, 2.24) is 25.1 Å². The predicted molar refractivity (Wildman–Crippen MR) is 107 cm³/mol. The van der Waals surface area contributed by atoms with E-state index in [0.29, 0.717) is 37.8 Å². The number of benzene rings is 1. The number of rotatable bonds is 8. The van der Waals surface area contributed by atoms with Gasteiger partial charge in [-0.1, -0.05) is 19.9 Å². The van der Waals surface area contributed by atoms with Gasteiger partial charge >= 0.3 is 6.18 Å². The van der Waals surface area contributed by atoms with Crippen LogP contribution in [-0.4, -0.2) is 65.0 Å². The lowest BCUT2D eigenvalue weighted by Gasteiger charge is -2.40. The fraction of sp³-hybridized carbons (Fsp3) is 0.650. The second-order valence-corrected chi connectivity index (χ2v) is 7.97. The number of anilines is 1. The van der Waals surface area contributed by atoms with Crippen molar-refractivity contribution < 1.29 is 17.9 Å². The maximum absolute atomic E-state index is 13.1. The molecular weight excluding hydrogens is 397 g/mol. The van der Waals surface area contributed by atoms with E-state index in [1.165, 1.54) is 12.1 Å². The van der Waals surface area contributed by atoms with Crippen LogP contribution in [0, 0.1) is 5.92 Å². The van der Waals surface area contributed by atoms with E-state index in [1.54, 1.807) is 17.9 Å². The smallest absolute Gasteiger partial charge is 0.383 e. The van der Waals surface area contributed by atoms with E-state index in [9.17, 15) is 13.2 Å². The van der Waals surface area contributed by atoms with Gasteiger partial charge in [0.2, 0.25) is 0 Å². The van der Waals surface area contributed by atoms with Crippen LogP contribution in [0.15, 0.2) is 24.3 Å². The zero-order valence-corrected chi connectivity index (χ0v) is 17.6. The van der Waals surface area contributed by atoms with Crippen LogP contribution in [0.25, 0.3) is 0 Å². The van der Waals surface area contributed by atoms with Gasteiger partial charge in [0, 0.05) is 39.0 Å². The van der Waals surface area contributed by atoms with Gasteiger partial charge < -0.3 is 9.64 Å². The van der Waals surface area contributed by atoms with Crippen LogP contribution in [-0.2, 0) is 17.5 Å². The monoisotopic (exact) mass is 426 g/mol. The van der Waals surface area contributed by atoms with E-state index < -0.39 is 11.7 Å². The summed E-state index contributed by atoms with van der Waals surface area (Å²) in [6.45, 7) is 8.18. The number of ether oxygens (including phenoxy) is 1. The van der Waals surface area contributed by atoms with Gasteiger partial charge in [0.1, 0.15) is 0 Å². The van der Waals surface area contributed by atoms with Crippen LogP contribution < -0.4 is 4.90 Å². The molecule has 0 aliphatic carbocycles. The summed E-state index contributed by atoms with van der Waals surface area (Å²) < 4.78 is 46.1. The average molecular weight is 426 g/mol. The summed E-state index contributed by atoms with van der Waals surface area (Å²) in [6.07, 6.45) is -3.43. The molecule has 1 saturated heterocycles. The van der Waals surface area contributed by atoms with E-state index in [4.69, 9.17) is 4.74 Å². The lowest BCUT2D eigenvalue weighted by atomic mass is 10.0. The molecule has 1 aliphatic rings. The van der Waals surface area contributed by atoms with E-state index in [-0.39, 0.29) is 6.04 Å². The van der Waals surface area contributed by atoms with Gasteiger partial charge in [-0.05, 0) is 41.0 Å². The van der Waals surface area contributed by atoms with Crippen LogP contribution in [0.5, 0.6) is 0 Å². The Labute approximate surface area is 174 Å². The molecule has 30 heavy (non-hydrogen) atoms. The SMILES string of the molecule is COCCn1nnnc1[C@@H](CC(C)C)N1CCN(c2cccc(C(F)(F)F)c2)CC1. The molecule has 0 unspecified atom stereocenters. The van der Waals surface area contributed by atoms with Crippen molar-refractivity contribution in [3.63, 3.8) is 0 Å². The summed E-state index contributed by atoms with van der Waals surface area (Å²) in [5, 5.41) is 12.2. The summed E-state index contributed by atoms with van der Waals surface area (Å²) in [5.74, 6) is 1.26. The summed E-state index contributed by atoms with van der Waals surface area (Å²) in [5.41, 5.74) is -0.00718. The van der Waals surface area contributed by atoms with E-state index in [2.05, 4.69) is 34.3 Å². The quantitative estimate of drug-likeness (QED) is 0.646. The van der Waals surface area contributed by atoms with E-state index in [1.807, 2.05) is 4.90 Å². The van der Waals surface area contributed by atoms with Gasteiger partial charge in [-0.2, -0.15) is 13.2 Å². The molecule has 1 aromatic carbocycles. The van der Waals surface area contributed by atoms with Crippen molar-refractivity contribution in [3.8, 4) is 0 Å². The summed E-state index contributed by atoms with van der Waals surface area (Å²) in [7, 11) is 1.64. The van der Waals surface area contributed by atoms with Crippen molar-refractivity contribution in [3.05, 3.63) is 35.7 Å². The number of tetrazole rings is 1. The zero-order valence-electron chi connectivity index (χ0n) is 17.6. The lowest BCUT2D eigenvalue weighted by Crippen LogP contribution is -2.48. The van der Waals surface area contributed by atoms with Gasteiger partial charge in [0.05, 0.1) is 24.8 Å². The summed E-state index contributed by atoms with van der Waals surface area (Å²) in [6, 6.07) is 5.60. The summed E-state index contributed by atoms with van der Waals surface area (Å²) in [4.78, 5) is 4.34. The molecule has 0 radical (unpaired) electrons. The zero-order chi connectivity index (χ0) is 21.7. The first-order valence-electron chi connectivity index (χ1n) is 10.2. The molecule has 0 spiro atoms. The molecule has 0 bridgehead atoms. The number of halogens is 3. The molecule has 0 saturated carbocycles. The van der Waals surface area contributed by atoms with Crippen LogP contribution in [0.3, 0.4) is 0 Å². The minimum atomic E-state index is -4.33. The van der Waals surface area contributed by atoms with Crippen LogP contribution >= 0.6 is 0 Å². The minimum absolute atomic E-state index is 0.0560. The van der Waals surface area contributed by atoms with E-state index in [0.717, 1.165) is 31.4 Å². The third-order valence-corrected chi connectivity index (χ3v) is 5.35. The van der Waals surface area contributed by atoms with Gasteiger partial charge in [0.25, 0.3) is 0 Å². The number of aromatic nitrogens is 4. The topological polar surface area (TPSA) is 59.3 Å². The van der Waals surface area contributed by atoms with E-state index >= 15 is 0 Å². The van der Waals surface area contributed by atoms with Crippen LogP contribution in [0.1, 0.15) is 37.7 Å². The molecule has 0 N–H and O–H groups in total. The maximum atomic E-state index is 13.1. The highest BCUT2D eigenvalue weighted by Crippen LogP contribution is 2.33. The first kappa shape index (κ1) is 22.5. The number of hydrogen-bond donors (Lipinski definition) is 0. The second-order valence-electron chi connectivity index (χ2n) is 7.97. The molecule has 10 heteroatoms. The number of piperazine rings is 1. The molecule has 166 valence electrons. The standard InChI is InChI=1S/C20H29F3N6O/c1-15(2)13-18(19-24-25-26-29(19)11-12-30-3)28-9-7-27(8-10-28)17-6-4-5-16(14-17)20(21,22)23/h4-6,14-15,18H,7-13H2,1-3H3/t18-/m1/s1. The highest BCUT2D eigenvalue weighted by molar-refractivity contribution is 5.49. The Kier molecular flexibility index (Phi) is 7.30. The molecule has 0 amide bonds. The van der Waals surface area contributed by atoms with Crippen molar-refractivity contribution in [2.45, 2.75) is 39.0 Å². The summed E-state index contributed by atoms with van der Waals surface area (Å²) >= 11 is 0. The van der Waals surface area contributed by atoms with Crippen LogP contribution in [0.4, 0.5) is 18.9 Å². The van der Waals surface area contributed by atoms with Crippen molar-refractivity contribution >= 4 is 5.69 Å². The van der Waals surface area contributed by atoms with Gasteiger partial charge in [0.15, 0.2) is 5.82 Å². The second kappa shape index (κ2) is 9.74. The largest absolute Gasteiger partial charge is 0.416 e. The van der Waals surface area contributed by atoms with Crippen molar-refractivity contribution in [1.29, 1.82) is 0 Å². The van der Waals surface area contributed by atoms with Crippen molar-refractivity contribution in [2.24, 2.45) is 5.92 Å². The maximum Gasteiger partial charge on any atom is 0.416 e. The predicted octanol–water partition coefficient (Wildman–Crippen LogP) is 3.25. The Morgan fingerprint density at radius 3 is 2.50 bits per heavy atom. The Balaban J connectivity index is 1.72. The van der Waals surface area contributed by atoms with Crippen LogP contribution in [0.2, 0.25) is 0 Å². The highest BCUT2D eigenvalue weighted by Gasteiger charge is 2.32. The van der Waals surface area contributed by atoms with Gasteiger partial charge in [-0.25, -0.2) is 4.68 Å². The first-order valence-corrected chi connectivity index (χ1v) is 10.2. The Hall–Kier alpha value is -2.20. The Morgan fingerprint density at radius 1 is 1.13 bits per heavy atom. The molecule has 1 fully saturated rings. The fourth-order valence-corrected chi connectivity index (χ4v) is 3.82. The molecule has 1 aliphatic heterocycles. The van der Waals surface area contributed by atoms with Gasteiger partial charge in [-0.3, -0.25) is 4.90 Å². The number of nitrogens with zero attached hydrogens (tertiary/aromatic N) is 6. The molecule has 2 heterocycles. The highest BCUT2D eigenvalue weighted by atomic mass is 19.4. The lowest BCUT2D eigenvalue weighted by molar-refractivity contribution is -0.137. The Bertz CT molecular complexity index is 802. The molecule has 1 aromatic heterocycles. The van der Waals surface area contributed by atoms with Crippen molar-refractivity contribution in [2.75, 3.05) is 44.8 Å². The molecule has 7 nitrogen and oxygen atoms in total. The molecule has 1 atom stereocenters. The number of methoxy groups -OCH3 is 1. The molecule has 3 rings (SSSR count). The number of alkyl halides is 3. The first-order chi connectivity index (χ1) is 14.3.